The fourth-order valence-electron chi connectivity index (χ4n) is 3.11. The maximum absolute atomic E-state index is 5.73. The van der Waals surface area contributed by atoms with Crippen LogP contribution in [0.4, 0.5) is 34.1 Å². The van der Waals surface area contributed by atoms with Gasteiger partial charge in [0.05, 0.1) is 0 Å². The summed E-state index contributed by atoms with van der Waals surface area (Å²) in [5.74, 6) is 0. The van der Waals surface area contributed by atoms with Gasteiger partial charge in [-0.2, -0.15) is 0 Å². The molecular formula is C25H24N4. The van der Waals surface area contributed by atoms with E-state index in [1.165, 1.54) is 11.1 Å². The minimum absolute atomic E-state index is 0.764. The maximum Gasteiger partial charge on any atom is 0.0385 e. The molecule has 0 atom stereocenters. The fraction of sp³-hybridized carbons (Fsp3) is 0.0400. The second-order valence-electron chi connectivity index (χ2n) is 7.06. The van der Waals surface area contributed by atoms with Gasteiger partial charge in [0.25, 0.3) is 0 Å². The third-order valence-corrected chi connectivity index (χ3v) is 4.71. The number of hydrogen-bond acceptors (Lipinski definition) is 4. The van der Waals surface area contributed by atoms with Gasteiger partial charge in [0.2, 0.25) is 0 Å². The standard InChI is InChI=1S/C25H24N4/c26-20-5-13-24(14-6-20)28-22-9-1-18(2-10-22)17-19-3-11-23(12-4-19)29-25-15-7-21(27)8-16-25/h1-16,28-29H,17,26-27H2. The molecule has 0 fully saturated rings. The van der Waals surface area contributed by atoms with Gasteiger partial charge >= 0.3 is 0 Å². The summed E-state index contributed by atoms with van der Waals surface area (Å²) in [7, 11) is 0. The van der Waals surface area contributed by atoms with Crippen LogP contribution in [0, 0.1) is 0 Å². The van der Waals surface area contributed by atoms with Gasteiger partial charge in [-0.05, 0) is 90.3 Å². The number of nitrogens with two attached hydrogens (primary N) is 2. The van der Waals surface area contributed by atoms with E-state index in [9.17, 15) is 0 Å². The Morgan fingerprint density at radius 1 is 0.414 bits per heavy atom. The molecule has 6 N–H and O–H groups in total. The SMILES string of the molecule is Nc1ccc(Nc2ccc(Cc3ccc(Nc4ccc(N)cc4)cc3)cc2)cc1. The van der Waals surface area contributed by atoms with E-state index in [0.717, 1.165) is 40.5 Å². The highest BCUT2D eigenvalue weighted by Crippen LogP contribution is 2.21. The van der Waals surface area contributed by atoms with Crippen molar-refractivity contribution in [3.63, 3.8) is 0 Å². The lowest BCUT2D eigenvalue weighted by Gasteiger charge is -2.09. The molecule has 0 aliphatic rings. The Kier molecular flexibility index (Phi) is 5.34. The van der Waals surface area contributed by atoms with Gasteiger partial charge in [0, 0.05) is 34.1 Å². The van der Waals surface area contributed by atoms with E-state index in [4.69, 9.17) is 11.5 Å². The summed E-state index contributed by atoms with van der Waals surface area (Å²) in [6.45, 7) is 0. The number of nitrogens with one attached hydrogen (secondary N) is 2. The summed E-state index contributed by atoms with van der Waals surface area (Å²) in [6, 6.07) is 32.5. The summed E-state index contributed by atoms with van der Waals surface area (Å²) in [5, 5.41) is 6.77. The third kappa shape index (κ3) is 5.08. The Hall–Kier alpha value is -3.92. The number of nitrogen functional groups attached to an aromatic ring is 2. The predicted octanol–water partition coefficient (Wildman–Crippen LogP) is 5.93. The second-order valence-corrected chi connectivity index (χ2v) is 7.06. The van der Waals surface area contributed by atoms with E-state index in [0.29, 0.717) is 0 Å². The molecule has 0 heterocycles. The Balaban J connectivity index is 1.36. The molecule has 4 nitrogen and oxygen atoms in total. The van der Waals surface area contributed by atoms with Crippen LogP contribution in [-0.4, -0.2) is 0 Å². The zero-order valence-corrected chi connectivity index (χ0v) is 16.1. The van der Waals surface area contributed by atoms with Crippen LogP contribution >= 0.6 is 0 Å². The van der Waals surface area contributed by atoms with E-state index in [-0.39, 0.29) is 0 Å². The average Bonchev–Trinajstić information content (AvgIpc) is 2.74. The van der Waals surface area contributed by atoms with E-state index < -0.39 is 0 Å². The minimum Gasteiger partial charge on any atom is -0.399 e. The molecule has 0 unspecified atom stereocenters. The van der Waals surface area contributed by atoms with Crippen LogP contribution in [0.3, 0.4) is 0 Å². The zero-order valence-electron chi connectivity index (χ0n) is 16.1. The maximum atomic E-state index is 5.73. The molecule has 4 aromatic carbocycles. The fourth-order valence-corrected chi connectivity index (χ4v) is 3.11. The van der Waals surface area contributed by atoms with Gasteiger partial charge in [-0.15, -0.1) is 0 Å². The van der Waals surface area contributed by atoms with Crippen molar-refractivity contribution in [3.05, 3.63) is 108 Å². The van der Waals surface area contributed by atoms with Gasteiger partial charge in [-0.1, -0.05) is 24.3 Å². The van der Waals surface area contributed by atoms with Crippen molar-refractivity contribution in [3.8, 4) is 0 Å². The molecule has 4 rings (SSSR count). The lowest BCUT2D eigenvalue weighted by Crippen LogP contribution is -1.94. The van der Waals surface area contributed by atoms with Crippen LogP contribution in [0.2, 0.25) is 0 Å². The van der Waals surface area contributed by atoms with Gasteiger partial charge < -0.3 is 22.1 Å². The normalized spacial score (nSPS) is 10.5. The molecule has 144 valence electrons. The van der Waals surface area contributed by atoms with E-state index >= 15 is 0 Å². The molecule has 0 aliphatic heterocycles. The third-order valence-electron chi connectivity index (χ3n) is 4.71. The largest absolute Gasteiger partial charge is 0.399 e. The van der Waals surface area contributed by atoms with Gasteiger partial charge in [-0.3, -0.25) is 0 Å². The number of anilines is 6. The van der Waals surface area contributed by atoms with Crippen molar-refractivity contribution in [2.75, 3.05) is 22.1 Å². The zero-order chi connectivity index (χ0) is 20.1. The molecule has 0 saturated heterocycles. The van der Waals surface area contributed by atoms with E-state index in [1.807, 2.05) is 48.5 Å². The van der Waals surface area contributed by atoms with E-state index in [1.54, 1.807) is 0 Å². The van der Waals surface area contributed by atoms with Crippen LogP contribution in [0.15, 0.2) is 97.1 Å². The second kappa shape index (κ2) is 8.40. The highest BCUT2D eigenvalue weighted by Gasteiger charge is 2.00. The predicted molar refractivity (Wildman–Crippen MR) is 124 cm³/mol. The molecule has 0 aromatic heterocycles. The number of benzene rings is 4. The molecule has 29 heavy (non-hydrogen) atoms. The summed E-state index contributed by atoms with van der Waals surface area (Å²) in [4.78, 5) is 0. The first-order valence-electron chi connectivity index (χ1n) is 9.57. The molecule has 0 bridgehead atoms. The Labute approximate surface area is 171 Å². The van der Waals surface area contributed by atoms with Crippen LogP contribution in [0.25, 0.3) is 0 Å². The van der Waals surface area contributed by atoms with Crippen molar-refractivity contribution in [2.45, 2.75) is 6.42 Å². The Morgan fingerprint density at radius 2 is 0.690 bits per heavy atom. The summed E-state index contributed by atoms with van der Waals surface area (Å²) in [5.41, 5.74) is 19.7. The molecular weight excluding hydrogens is 356 g/mol. The van der Waals surface area contributed by atoms with Crippen molar-refractivity contribution in [1.82, 2.24) is 0 Å². The summed E-state index contributed by atoms with van der Waals surface area (Å²) >= 11 is 0. The lowest BCUT2D eigenvalue weighted by molar-refractivity contribution is 1.19. The molecule has 0 saturated carbocycles. The highest BCUT2D eigenvalue weighted by atomic mass is 14.9. The molecule has 0 amide bonds. The monoisotopic (exact) mass is 380 g/mol. The molecule has 0 aliphatic carbocycles. The van der Waals surface area contributed by atoms with Crippen LogP contribution in [0.1, 0.15) is 11.1 Å². The van der Waals surface area contributed by atoms with Gasteiger partial charge in [-0.25, -0.2) is 0 Å². The number of rotatable bonds is 6. The summed E-state index contributed by atoms with van der Waals surface area (Å²) < 4.78 is 0. The lowest BCUT2D eigenvalue weighted by atomic mass is 10.0. The smallest absolute Gasteiger partial charge is 0.0385 e. The van der Waals surface area contributed by atoms with Gasteiger partial charge in [0.15, 0.2) is 0 Å². The van der Waals surface area contributed by atoms with Crippen molar-refractivity contribution in [1.29, 1.82) is 0 Å². The molecule has 0 spiro atoms. The van der Waals surface area contributed by atoms with E-state index in [2.05, 4.69) is 59.2 Å². The molecule has 4 aromatic rings. The van der Waals surface area contributed by atoms with Crippen molar-refractivity contribution in [2.24, 2.45) is 0 Å². The highest BCUT2D eigenvalue weighted by molar-refractivity contribution is 5.63. The first-order valence-corrected chi connectivity index (χ1v) is 9.57. The summed E-state index contributed by atoms with van der Waals surface area (Å²) in [6.07, 6.45) is 0.893. The Bertz CT molecular complexity index is 963. The quantitative estimate of drug-likeness (QED) is 0.313. The minimum atomic E-state index is 0.764. The van der Waals surface area contributed by atoms with Crippen molar-refractivity contribution < 1.29 is 0 Å². The van der Waals surface area contributed by atoms with Gasteiger partial charge in [0.1, 0.15) is 0 Å². The van der Waals surface area contributed by atoms with Crippen LogP contribution < -0.4 is 22.1 Å². The van der Waals surface area contributed by atoms with Crippen molar-refractivity contribution >= 4 is 34.1 Å². The Morgan fingerprint density at radius 3 is 1.00 bits per heavy atom. The van der Waals surface area contributed by atoms with Crippen LogP contribution in [-0.2, 0) is 6.42 Å². The van der Waals surface area contributed by atoms with Crippen LogP contribution in [0.5, 0.6) is 0 Å². The number of hydrogen-bond donors (Lipinski definition) is 4. The first-order chi connectivity index (χ1) is 14.1. The molecule has 0 radical (unpaired) electrons. The molecule has 4 heteroatoms. The topological polar surface area (TPSA) is 76.1 Å². The average molecular weight is 380 g/mol. The first kappa shape index (κ1) is 18.4.